The smallest absolute Gasteiger partial charge is 0.244 e. The average Bonchev–Trinajstić information content (AvgIpc) is 3.15. The normalized spacial score (nSPS) is 24.6. The first kappa shape index (κ1) is 21.2. The molecule has 0 saturated carbocycles. The monoisotopic (exact) mass is 416 g/mol. The second-order valence-electron chi connectivity index (χ2n) is 8.74. The molecule has 0 spiro atoms. The zero-order chi connectivity index (χ0) is 21.1. The third-order valence-electron chi connectivity index (χ3n) is 7.05. The van der Waals surface area contributed by atoms with Crippen molar-refractivity contribution < 1.29 is 14.0 Å². The van der Waals surface area contributed by atoms with Gasteiger partial charge in [-0.3, -0.25) is 14.5 Å². The Bertz CT molecular complexity index is 757. The number of benzene rings is 1. The van der Waals surface area contributed by atoms with Gasteiger partial charge in [0.2, 0.25) is 11.8 Å². The molecule has 3 aliphatic heterocycles. The molecule has 7 heteroatoms. The van der Waals surface area contributed by atoms with Crippen LogP contribution in [0.1, 0.15) is 32.6 Å². The largest absolute Gasteiger partial charge is 0.340 e. The molecule has 1 aromatic rings. The summed E-state index contributed by atoms with van der Waals surface area (Å²) in [6, 6.07) is 6.33. The number of rotatable bonds is 5. The first-order valence-corrected chi connectivity index (χ1v) is 11.4. The molecule has 164 valence electrons. The number of nitrogens with zero attached hydrogens (tertiary/aromatic N) is 4. The molecule has 0 aromatic heterocycles. The quantitative estimate of drug-likeness (QED) is 0.738. The number of piperazine rings is 1. The molecule has 3 heterocycles. The zero-order valence-electron chi connectivity index (χ0n) is 17.9. The van der Waals surface area contributed by atoms with E-state index in [2.05, 4.69) is 16.7 Å². The fourth-order valence-corrected chi connectivity index (χ4v) is 5.07. The van der Waals surface area contributed by atoms with Gasteiger partial charge in [-0.2, -0.15) is 0 Å². The van der Waals surface area contributed by atoms with Crippen molar-refractivity contribution in [3.8, 4) is 0 Å². The fraction of sp³-hybridized carbons (Fsp3) is 0.652. The van der Waals surface area contributed by atoms with Crippen molar-refractivity contribution in [1.82, 2.24) is 14.7 Å². The predicted molar refractivity (Wildman–Crippen MR) is 115 cm³/mol. The molecule has 1 unspecified atom stereocenters. The molecule has 6 nitrogen and oxygen atoms in total. The molecule has 1 atom stereocenters. The number of para-hydroxylation sites is 1. The van der Waals surface area contributed by atoms with Gasteiger partial charge < -0.3 is 14.7 Å². The van der Waals surface area contributed by atoms with E-state index in [-0.39, 0.29) is 23.7 Å². The van der Waals surface area contributed by atoms with Gasteiger partial charge in [-0.25, -0.2) is 4.39 Å². The summed E-state index contributed by atoms with van der Waals surface area (Å²) in [4.78, 5) is 33.8. The van der Waals surface area contributed by atoms with Gasteiger partial charge in [-0.1, -0.05) is 19.1 Å². The van der Waals surface area contributed by atoms with Gasteiger partial charge in [0.1, 0.15) is 5.82 Å². The van der Waals surface area contributed by atoms with Gasteiger partial charge in [-0.15, -0.1) is 0 Å². The van der Waals surface area contributed by atoms with Crippen molar-refractivity contribution in [3.63, 3.8) is 0 Å². The lowest BCUT2D eigenvalue weighted by atomic mass is 9.92. The third-order valence-corrected chi connectivity index (χ3v) is 7.05. The molecule has 4 rings (SSSR count). The van der Waals surface area contributed by atoms with Crippen LogP contribution in [0.5, 0.6) is 0 Å². The summed E-state index contributed by atoms with van der Waals surface area (Å²) in [5, 5.41) is 0. The lowest BCUT2D eigenvalue weighted by Crippen LogP contribution is -2.49. The summed E-state index contributed by atoms with van der Waals surface area (Å²) < 4.78 is 14.1. The number of hydrogen-bond acceptors (Lipinski definition) is 4. The van der Waals surface area contributed by atoms with Gasteiger partial charge >= 0.3 is 0 Å². The first-order valence-electron chi connectivity index (χ1n) is 11.4. The number of amides is 2. The van der Waals surface area contributed by atoms with Crippen molar-refractivity contribution >= 4 is 17.5 Å². The van der Waals surface area contributed by atoms with Crippen LogP contribution in [0.2, 0.25) is 0 Å². The number of carbonyl (C=O) groups is 2. The number of piperidine rings is 1. The Hall–Kier alpha value is -1.99. The van der Waals surface area contributed by atoms with Crippen LogP contribution in [-0.2, 0) is 9.59 Å². The lowest BCUT2D eigenvalue weighted by molar-refractivity contribution is -0.134. The van der Waals surface area contributed by atoms with Crippen LogP contribution < -0.4 is 4.90 Å². The molecule has 0 bridgehead atoms. The Balaban J connectivity index is 1.25. The van der Waals surface area contributed by atoms with E-state index in [4.69, 9.17) is 0 Å². The Morgan fingerprint density at radius 2 is 1.70 bits per heavy atom. The van der Waals surface area contributed by atoms with Gasteiger partial charge in [0.25, 0.3) is 0 Å². The molecule has 3 saturated heterocycles. The second kappa shape index (κ2) is 9.43. The Morgan fingerprint density at radius 1 is 1.00 bits per heavy atom. The molecular formula is C23H33FN4O2. The highest BCUT2D eigenvalue weighted by molar-refractivity contribution is 5.99. The van der Waals surface area contributed by atoms with Crippen molar-refractivity contribution in [2.75, 3.05) is 57.3 Å². The third kappa shape index (κ3) is 4.52. The topological polar surface area (TPSA) is 47.1 Å². The number of likely N-dealkylation sites (tertiary alicyclic amines) is 1. The van der Waals surface area contributed by atoms with Crippen molar-refractivity contribution in [1.29, 1.82) is 0 Å². The molecule has 3 aliphatic rings. The highest BCUT2D eigenvalue weighted by atomic mass is 19.1. The maximum atomic E-state index is 14.1. The molecule has 30 heavy (non-hydrogen) atoms. The van der Waals surface area contributed by atoms with E-state index in [1.54, 1.807) is 23.1 Å². The van der Waals surface area contributed by atoms with Crippen LogP contribution in [0.3, 0.4) is 0 Å². The van der Waals surface area contributed by atoms with E-state index in [0.717, 1.165) is 65.1 Å². The van der Waals surface area contributed by atoms with Crippen LogP contribution in [0.25, 0.3) is 0 Å². The van der Waals surface area contributed by atoms with Gasteiger partial charge in [-0.05, 0) is 56.9 Å². The van der Waals surface area contributed by atoms with Crippen LogP contribution in [0, 0.1) is 11.7 Å². The standard InChI is InChI=1S/C23H33FN4O2/c1-2-25-13-15-27(16-14-25)22(29)17-18-7-10-26(11-8-18)21-9-12-28(23(21)30)20-6-4-3-5-19(20)24/h3-6,18,21H,2,7-17H2,1H3. The summed E-state index contributed by atoms with van der Waals surface area (Å²) in [6.45, 7) is 9.08. The Morgan fingerprint density at radius 3 is 2.37 bits per heavy atom. The van der Waals surface area contributed by atoms with E-state index in [9.17, 15) is 14.0 Å². The lowest BCUT2D eigenvalue weighted by Gasteiger charge is -2.37. The first-order chi connectivity index (χ1) is 14.6. The van der Waals surface area contributed by atoms with Gasteiger partial charge in [0, 0.05) is 39.1 Å². The van der Waals surface area contributed by atoms with Crippen LogP contribution in [0.15, 0.2) is 24.3 Å². The van der Waals surface area contributed by atoms with Crippen molar-refractivity contribution in [2.24, 2.45) is 5.92 Å². The van der Waals surface area contributed by atoms with E-state index < -0.39 is 0 Å². The summed E-state index contributed by atoms with van der Waals surface area (Å²) in [5.41, 5.74) is 0.383. The van der Waals surface area contributed by atoms with E-state index in [1.807, 2.05) is 4.90 Å². The maximum absolute atomic E-state index is 14.1. The minimum atomic E-state index is -0.344. The van der Waals surface area contributed by atoms with E-state index >= 15 is 0 Å². The number of carbonyl (C=O) groups excluding carboxylic acids is 2. The highest BCUT2D eigenvalue weighted by Gasteiger charge is 2.39. The molecule has 0 aliphatic carbocycles. The molecule has 0 radical (unpaired) electrons. The summed E-state index contributed by atoms with van der Waals surface area (Å²) in [7, 11) is 0. The fourth-order valence-electron chi connectivity index (χ4n) is 5.07. The molecular weight excluding hydrogens is 383 g/mol. The number of likely N-dealkylation sites (N-methyl/N-ethyl adjacent to an activating group) is 1. The number of anilines is 1. The van der Waals surface area contributed by atoms with Gasteiger partial charge in [0.15, 0.2) is 0 Å². The molecule has 2 amide bonds. The SMILES string of the molecule is CCN1CCN(C(=O)CC2CCN(C3CCN(c4ccccc4F)C3=O)CC2)CC1. The second-order valence-corrected chi connectivity index (χ2v) is 8.74. The van der Waals surface area contributed by atoms with Crippen molar-refractivity contribution in [2.45, 2.75) is 38.6 Å². The zero-order valence-corrected chi connectivity index (χ0v) is 17.9. The molecule has 1 aromatic carbocycles. The number of hydrogen-bond donors (Lipinski definition) is 0. The maximum Gasteiger partial charge on any atom is 0.244 e. The van der Waals surface area contributed by atoms with Gasteiger partial charge in [0.05, 0.1) is 11.7 Å². The van der Waals surface area contributed by atoms with E-state index in [0.29, 0.717) is 24.6 Å². The highest BCUT2D eigenvalue weighted by Crippen LogP contribution is 2.30. The summed E-state index contributed by atoms with van der Waals surface area (Å²) in [5.74, 6) is 0.343. The summed E-state index contributed by atoms with van der Waals surface area (Å²) >= 11 is 0. The summed E-state index contributed by atoms with van der Waals surface area (Å²) in [6.07, 6.45) is 3.26. The Kier molecular flexibility index (Phi) is 6.68. The molecule has 0 N–H and O–H groups in total. The number of halogens is 1. The predicted octanol–water partition coefficient (Wildman–Crippen LogP) is 2.20. The van der Waals surface area contributed by atoms with Crippen LogP contribution >= 0.6 is 0 Å². The van der Waals surface area contributed by atoms with Crippen LogP contribution in [0.4, 0.5) is 10.1 Å². The molecule has 3 fully saturated rings. The minimum absolute atomic E-state index is 0.00317. The van der Waals surface area contributed by atoms with E-state index in [1.165, 1.54) is 6.07 Å². The van der Waals surface area contributed by atoms with Crippen LogP contribution in [-0.4, -0.2) is 84.9 Å². The Labute approximate surface area is 178 Å². The van der Waals surface area contributed by atoms with Crippen molar-refractivity contribution in [3.05, 3.63) is 30.1 Å². The average molecular weight is 417 g/mol. The minimum Gasteiger partial charge on any atom is -0.340 e.